The van der Waals surface area contributed by atoms with E-state index >= 15 is 0 Å². The Labute approximate surface area is 155 Å². The summed E-state index contributed by atoms with van der Waals surface area (Å²) in [7, 11) is 1.00. The van der Waals surface area contributed by atoms with Gasteiger partial charge in [-0.25, -0.2) is 5.90 Å². The molecule has 0 fully saturated rings. The number of rotatable bonds is 3. The first kappa shape index (κ1) is 21.3. The lowest BCUT2D eigenvalue weighted by atomic mass is 9.91. The zero-order valence-corrected chi connectivity index (χ0v) is 15.6. The number of nitrogens with two attached hydrogens (primary N) is 1. The lowest BCUT2D eigenvalue weighted by molar-refractivity contribution is 0.311. The van der Waals surface area contributed by atoms with Crippen molar-refractivity contribution in [3.63, 3.8) is 0 Å². The van der Waals surface area contributed by atoms with Crippen molar-refractivity contribution in [2.45, 2.75) is 13.8 Å². The highest BCUT2D eigenvalue weighted by Gasteiger charge is 2.09. The van der Waals surface area contributed by atoms with Gasteiger partial charge in [0.2, 0.25) is 0 Å². The van der Waals surface area contributed by atoms with Crippen molar-refractivity contribution in [2.75, 3.05) is 7.11 Å². The Morgan fingerprint density at radius 2 is 1.58 bits per heavy atom. The molecular formula is C23H27NO2. The fraction of sp³-hybridized carbons (Fsp3) is 0.130. The standard InChI is InChI=1S/C22H20.CH4O.H3NO/c1-4-17(5-2)20-13-7-10-18-11-8-14-21(22(18)20)19-12-6-9-16(3)15-19;2*1-2/h4-15H,1H2,2-3H3;2H,1H3;2H,1H2/b17-5+;;. The van der Waals surface area contributed by atoms with E-state index in [0.717, 1.165) is 7.11 Å². The van der Waals surface area contributed by atoms with E-state index in [2.05, 4.69) is 93.1 Å². The minimum absolute atomic E-state index is 1.00. The van der Waals surface area contributed by atoms with Crippen LogP contribution in [0.1, 0.15) is 18.1 Å². The zero-order valence-electron chi connectivity index (χ0n) is 15.6. The molecule has 26 heavy (non-hydrogen) atoms. The van der Waals surface area contributed by atoms with Gasteiger partial charge < -0.3 is 10.3 Å². The van der Waals surface area contributed by atoms with Gasteiger partial charge >= 0.3 is 0 Å². The van der Waals surface area contributed by atoms with Crippen molar-refractivity contribution in [1.82, 2.24) is 0 Å². The van der Waals surface area contributed by atoms with Crippen LogP contribution >= 0.6 is 0 Å². The quantitative estimate of drug-likeness (QED) is 0.441. The van der Waals surface area contributed by atoms with Gasteiger partial charge in [0.1, 0.15) is 0 Å². The van der Waals surface area contributed by atoms with E-state index in [-0.39, 0.29) is 0 Å². The van der Waals surface area contributed by atoms with Gasteiger partial charge in [-0.05, 0) is 46.9 Å². The Bertz CT molecular complexity index is 877. The van der Waals surface area contributed by atoms with Gasteiger partial charge in [-0.2, -0.15) is 0 Å². The summed E-state index contributed by atoms with van der Waals surface area (Å²) in [6, 6.07) is 21.7. The van der Waals surface area contributed by atoms with Crippen LogP contribution in [0.4, 0.5) is 0 Å². The molecule has 0 heterocycles. The number of allylic oxidation sites excluding steroid dienone is 3. The van der Waals surface area contributed by atoms with Crippen molar-refractivity contribution in [1.29, 1.82) is 0 Å². The molecule has 3 rings (SSSR count). The van der Waals surface area contributed by atoms with Crippen LogP contribution in [0.15, 0.2) is 79.4 Å². The Morgan fingerprint density at radius 3 is 2.15 bits per heavy atom. The molecule has 136 valence electrons. The average molecular weight is 349 g/mol. The zero-order chi connectivity index (χ0) is 19.5. The lowest BCUT2D eigenvalue weighted by Crippen LogP contribution is -1.89. The maximum atomic E-state index is 7.00. The van der Waals surface area contributed by atoms with Crippen LogP contribution in [0.3, 0.4) is 0 Å². The number of aliphatic hydroxyl groups excluding tert-OH is 1. The number of aliphatic hydroxyl groups is 1. The minimum Gasteiger partial charge on any atom is -0.400 e. The number of hydrogen-bond acceptors (Lipinski definition) is 3. The molecule has 0 unspecified atom stereocenters. The molecule has 0 aromatic heterocycles. The second kappa shape index (κ2) is 11.0. The smallest absolute Gasteiger partial charge is 0.0319 e. The van der Waals surface area contributed by atoms with E-state index in [4.69, 9.17) is 10.3 Å². The highest BCUT2D eigenvalue weighted by molar-refractivity contribution is 6.05. The molecule has 0 saturated carbocycles. The first-order valence-electron chi connectivity index (χ1n) is 8.33. The molecule has 0 atom stereocenters. The number of benzene rings is 3. The summed E-state index contributed by atoms with van der Waals surface area (Å²) in [6.07, 6.45) is 4.05. The molecule has 3 nitrogen and oxygen atoms in total. The second-order valence-corrected chi connectivity index (χ2v) is 5.53. The topological polar surface area (TPSA) is 66.5 Å². The number of fused-ring (bicyclic) bond motifs is 1. The molecule has 0 aliphatic heterocycles. The van der Waals surface area contributed by atoms with E-state index in [1.165, 1.54) is 38.6 Å². The SMILES string of the molecule is C=C/C(=C\C)c1cccc2cccc(-c3cccc(C)c3)c12.CO.NO. The molecule has 0 aliphatic carbocycles. The van der Waals surface area contributed by atoms with Gasteiger partial charge in [0.25, 0.3) is 0 Å². The highest BCUT2D eigenvalue weighted by Crippen LogP contribution is 2.34. The van der Waals surface area contributed by atoms with Crippen LogP contribution < -0.4 is 5.90 Å². The van der Waals surface area contributed by atoms with Crippen molar-refractivity contribution >= 4 is 16.3 Å². The number of hydrogen-bond donors (Lipinski definition) is 3. The Balaban J connectivity index is 0.000000791. The molecule has 0 bridgehead atoms. The molecule has 3 aromatic rings. The maximum Gasteiger partial charge on any atom is 0.0319 e. The van der Waals surface area contributed by atoms with Gasteiger partial charge in [-0.15, -0.1) is 0 Å². The summed E-state index contributed by atoms with van der Waals surface area (Å²) in [5.41, 5.74) is 6.23. The Hall–Kier alpha value is -2.72. The Morgan fingerprint density at radius 1 is 0.962 bits per heavy atom. The van der Waals surface area contributed by atoms with Crippen LogP contribution in [0.25, 0.3) is 27.5 Å². The van der Waals surface area contributed by atoms with Crippen molar-refractivity contribution < 1.29 is 10.3 Å². The summed E-state index contributed by atoms with van der Waals surface area (Å²) in [4.78, 5) is 0. The first-order valence-corrected chi connectivity index (χ1v) is 8.33. The summed E-state index contributed by atoms with van der Waals surface area (Å²) in [5, 5.41) is 16.1. The first-order chi connectivity index (χ1) is 12.7. The minimum atomic E-state index is 1.00. The van der Waals surface area contributed by atoms with Crippen LogP contribution in [0, 0.1) is 6.92 Å². The molecule has 3 heteroatoms. The van der Waals surface area contributed by atoms with Gasteiger partial charge in [0.15, 0.2) is 0 Å². The van der Waals surface area contributed by atoms with E-state index in [1.54, 1.807) is 0 Å². The van der Waals surface area contributed by atoms with Crippen molar-refractivity contribution in [3.05, 3.63) is 90.5 Å². The third kappa shape index (κ3) is 4.67. The Kier molecular flexibility index (Phi) is 9.02. The molecule has 0 spiro atoms. The van der Waals surface area contributed by atoms with Crippen LogP contribution in [-0.2, 0) is 0 Å². The van der Waals surface area contributed by atoms with E-state index < -0.39 is 0 Å². The summed E-state index contributed by atoms with van der Waals surface area (Å²) >= 11 is 0. The monoisotopic (exact) mass is 349 g/mol. The lowest BCUT2D eigenvalue weighted by Gasteiger charge is -2.13. The summed E-state index contributed by atoms with van der Waals surface area (Å²) in [6.45, 7) is 8.16. The van der Waals surface area contributed by atoms with Crippen LogP contribution in [0.2, 0.25) is 0 Å². The third-order valence-corrected chi connectivity index (χ3v) is 4.08. The fourth-order valence-electron chi connectivity index (χ4n) is 3.02. The van der Waals surface area contributed by atoms with Gasteiger partial charge in [-0.1, -0.05) is 85.0 Å². The van der Waals surface area contributed by atoms with Crippen LogP contribution in [0.5, 0.6) is 0 Å². The van der Waals surface area contributed by atoms with E-state index in [1.807, 2.05) is 6.08 Å². The van der Waals surface area contributed by atoms with Crippen molar-refractivity contribution in [3.8, 4) is 11.1 Å². The van der Waals surface area contributed by atoms with Crippen LogP contribution in [-0.4, -0.2) is 17.4 Å². The molecule has 0 saturated heterocycles. The molecule has 0 aliphatic rings. The summed E-state index contributed by atoms with van der Waals surface area (Å²) < 4.78 is 0. The highest BCUT2D eigenvalue weighted by atomic mass is 16.4. The largest absolute Gasteiger partial charge is 0.400 e. The second-order valence-electron chi connectivity index (χ2n) is 5.53. The molecule has 0 amide bonds. The van der Waals surface area contributed by atoms with Gasteiger partial charge in [0, 0.05) is 7.11 Å². The fourth-order valence-corrected chi connectivity index (χ4v) is 3.02. The molecule has 0 radical (unpaired) electrons. The molecule has 3 aromatic carbocycles. The maximum absolute atomic E-state index is 7.00. The van der Waals surface area contributed by atoms with E-state index in [0.29, 0.717) is 0 Å². The van der Waals surface area contributed by atoms with Gasteiger partial charge in [0.05, 0.1) is 0 Å². The van der Waals surface area contributed by atoms with Crippen molar-refractivity contribution in [2.24, 2.45) is 5.90 Å². The molecule has 4 N–H and O–H groups in total. The predicted molar refractivity (Wildman–Crippen MR) is 112 cm³/mol. The number of aryl methyl sites for hydroxylation is 1. The van der Waals surface area contributed by atoms with E-state index in [9.17, 15) is 0 Å². The predicted octanol–water partition coefficient (Wildman–Crippen LogP) is 5.35. The normalized spacial score (nSPS) is 10.3. The van der Waals surface area contributed by atoms with Gasteiger partial charge in [-0.3, -0.25) is 0 Å². The summed E-state index contributed by atoms with van der Waals surface area (Å²) in [5.74, 6) is 3.50. The third-order valence-electron chi connectivity index (χ3n) is 4.08. The molecular weight excluding hydrogens is 322 g/mol. The average Bonchev–Trinajstić information content (AvgIpc) is 2.71.